The number of benzene rings is 7. The molecule has 9 aromatic rings. The van der Waals surface area contributed by atoms with E-state index in [2.05, 4.69) is 196 Å². The van der Waals surface area contributed by atoms with E-state index in [1.54, 1.807) is 0 Å². The van der Waals surface area contributed by atoms with Crippen molar-refractivity contribution in [2.24, 2.45) is 5.92 Å². The summed E-state index contributed by atoms with van der Waals surface area (Å²) in [7, 11) is 0. The molecular formula is C60H54N4OPt+2. The van der Waals surface area contributed by atoms with Crippen molar-refractivity contribution in [1.82, 2.24) is 18.7 Å². The summed E-state index contributed by atoms with van der Waals surface area (Å²) in [4.78, 5) is 4.88. The summed E-state index contributed by atoms with van der Waals surface area (Å²) >= 11 is 0. The maximum absolute atomic E-state index is 9.58. The molecular weight excluding hydrogens is 988 g/mol. The summed E-state index contributed by atoms with van der Waals surface area (Å²) in [6.45, 7) is 17.1. The average Bonchev–Trinajstić information content (AvgIpc) is 3.87. The van der Waals surface area contributed by atoms with Gasteiger partial charge in [0.1, 0.15) is 11.5 Å². The van der Waals surface area contributed by atoms with Gasteiger partial charge in [0.15, 0.2) is 0 Å². The smallest absolute Gasteiger partial charge is 0.509 e. The molecule has 1 aliphatic heterocycles. The van der Waals surface area contributed by atoms with Crippen LogP contribution in [0, 0.1) is 18.1 Å². The third-order valence-electron chi connectivity index (χ3n) is 12.1. The Morgan fingerprint density at radius 2 is 1.29 bits per heavy atom. The molecule has 0 radical (unpaired) electrons. The van der Waals surface area contributed by atoms with Crippen LogP contribution in [0.2, 0.25) is 0 Å². The molecule has 10 rings (SSSR count). The van der Waals surface area contributed by atoms with Crippen LogP contribution in [0.25, 0.3) is 49.9 Å². The molecule has 328 valence electrons. The normalized spacial score (nSPS) is 13.2. The second-order valence-corrected chi connectivity index (χ2v) is 19.2. The van der Waals surface area contributed by atoms with Gasteiger partial charge in [-0.1, -0.05) is 175 Å². The van der Waals surface area contributed by atoms with E-state index in [9.17, 15) is 2.74 Å². The molecule has 7 aromatic carbocycles. The number of aromatic nitrogens is 2. The zero-order valence-corrected chi connectivity index (χ0v) is 41.0. The molecule has 0 spiro atoms. The second-order valence-electron chi connectivity index (χ2n) is 19.2. The van der Waals surface area contributed by atoms with Gasteiger partial charge in [0.05, 0.1) is 11.1 Å². The molecule has 0 saturated heterocycles. The quantitative estimate of drug-likeness (QED) is 0.107. The Hall–Kier alpha value is -6.64. The predicted molar refractivity (Wildman–Crippen MR) is 270 cm³/mol. The Morgan fingerprint density at radius 3 is 1.95 bits per heavy atom. The van der Waals surface area contributed by atoms with Crippen molar-refractivity contribution >= 4 is 50.6 Å². The average molecular weight is 1040 g/mol. The van der Waals surface area contributed by atoms with Crippen LogP contribution < -0.4 is 13.9 Å². The van der Waals surface area contributed by atoms with Gasteiger partial charge in [-0.25, -0.2) is 4.98 Å². The van der Waals surface area contributed by atoms with Gasteiger partial charge < -0.3 is 9.30 Å². The summed E-state index contributed by atoms with van der Waals surface area (Å²) in [6.07, 6.45) is 0.210. The van der Waals surface area contributed by atoms with Crippen molar-refractivity contribution in [2.45, 2.75) is 72.6 Å². The van der Waals surface area contributed by atoms with E-state index in [1.807, 2.05) is 55.0 Å². The van der Waals surface area contributed by atoms with Gasteiger partial charge in [0.25, 0.3) is 5.69 Å². The first-order chi connectivity index (χ1) is 32.1. The van der Waals surface area contributed by atoms with E-state index < -0.39 is 6.37 Å². The molecule has 0 atom stereocenters. The van der Waals surface area contributed by atoms with Crippen LogP contribution in [0.4, 0.5) is 22.7 Å². The van der Waals surface area contributed by atoms with Crippen LogP contribution in [0.3, 0.4) is 0 Å². The van der Waals surface area contributed by atoms with Crippen LogP contribution in [0.1, 0.15) is 74.8 Å². The Balaban J connectivity index is 0.00000578. The molecule has 66 heavy (non-hydrogen) atoms. The Morgan fingerprint density at radius 1 is 0.636 bits per heavy atom. The van der Waals surface area contributed by atoms with Crippen molar-refractivity contribution in [3.63, 3.8) is 0 Å². The molecule has 1 aliphatic rings. The minimum Gasteiger partial charge on any atom is -0.509 e. The van der Waals surface area contributed by atoms with E-state index in [4.69, 9.17) is 9.72 Å². The molecule has 0 saturated carbocycles. The van der Waals surface area contributed by atoms with Gasteiger partial charge >= 0.3 is 32.8 Å². The SMILES string of the molecule is [2H]C([2H])(c1cccc2c1[N+](c1c(-c3ccccc3)cccc1-c1ccccc1)=C=[N+]2c1[c-]c(Oc2[c-]c3c(cc2)c2ccccc2n3-c2cc(C(C)(C)C)ccn2)cc(C(C)(C)C)c1)C(C)C.[Pt+2]. The topological polar surface area (TPSA) is 33.1 Å². The van der Waals surface area contributed by atoms with E-state index in [0.717, 1.165) is 72.5 Å². The fourth-order valence-electron chi connectivity index (χ4n) is 8.84. The Labute approximate surface area is 406 Å². The van der Waals surface area contributed by atoms with Gasteiger partial charge in [-0.3, -0.25) is 0 Å². The minimum absolute atomic E-state index is 0. The second kappa shape index (κ2) is 17.6. The van der Waals surface area contributed by atoms with Crippen LogP contribution in [-0.4, -0.2) is 15.6 Å². The predicted octanol–water partition coefficient (Wildman–Crippen LogP) is 15.6. The molecule has 0 fully saturated rings. The van der Waals surface area contributed by atoms with E-state index in [1.165, 1.54) is 5.56 Å². The van der Waals surface area contributed by atoms with Crippen molar-refractivity contribution in [3.05, 3.63) is 193 Å². The molecule has 2 aromatic heterocycles. The zero-order valence-electron chi connectivity index (χ0n) is 40.7. The first-order valence-corrected chi connectivity index (χ1v) is 22.5. The maximum atomic E-state index is 9.58. The van der Waals surface area contributed by atoms with Gasteiger partial charge in [0.2, 0.25) is 5.69 Å². The standard InChI is InChI=1S/C60H54N4O.Pt/c1-40(2)33-43-23-17-28-54-57(43)63(58-49(41-19-11-9-12-20-41)25-18-26-50(58)42-21-13-10-14-22-42)39-62(54)46-34-45(60(6,7)8)35-48(37-46)65-47-29-30-52-51-24-15-16-27-53(51)64(55(52)38-47)56-36-44(31-32-61-56)59(3,4)5;/h9-32,34-36,40H,33H2,1-8H3;/q;+2/i33D2;. The van der Waals surface area contributed by atoms with E-state index in [-0.39, 0.29) is 37.8 Å². The molecule has 0 bridgehead atoms. The molecule has 0 N–H and O–H groups in total. The summed E-state index contributed by atoms with van der Waals surface area (Å²) < 4.78 is 32.3. The van der Waals surface area contributed by atoms with Gasteiger partial charge in [-0.05, 0) is 80.1 Å². The Bertz CT molecular complexity index is 3390. The molecule has 5 nitrogen and oxygen atoms in total. The Kier molecular flexibility index (Phi) is 11.2. The van der Waals surface area contributed by atoms with Crippen LogP contribution in [-0.2, 0) is 38.3 Å². The van der Waals surface area contributed by atoms with Crippen molar-refractivity contribution < 1.29 is 28.5 Å². The van der Waals surface area contributed by atoms with Crippen molar-refractivity contribution in [1.29, 1.82) is 0 Å². The summed E-state index contributed by atoms with van der Waals surface area (Å²) in [5.41, 5.74) is 11.6. The monoisotopic (exact) mass is 1040 g/mol. The van der Waals surface area contributed by atoms with Crippen LogP contribution in [0.15, 0.2) is 164 Å². The van der Waals surface area contributed by atoms with Crippen molar-refractivity contribution in [2.75, 3.05) is 0 Å². The first-order valence-electron chi connectivity index (χ1n) is 23.5. The third kappa shape index (κ3) is 8.39. The number of fused-ring (bicyclic) bond motifs is 4. The molecule has 6 heteroatoms. The maximum Gasteiger partial charge on any atom is 2.00 e. The largest absolute Gasteiger partial charge is 2.00 e. The number of nitrogens with zero attached hydrogens (tertiary/aromatic N) is 4. The molecule has 3 heterocycles. The van der Waals surface area contributed by atoms with Gasteiger partial charge in [-0.2, -0.15) is 6.07 Å². The van der Waals surface area contributed by atoms with Gasteiger partial charge in [-0.15, -0.1) is 29.1 Å². The van der Waals surface area contributed by atoms with Crippen LogP contribution in [0.5, 0.6) is 11.5 Å². The zero-order chi connectivity index (χ0) is 46.8. The number of hydrogen-bond acceptors (Lipinski definition) is 2. The summed E-state index contributed by atoms with van der Waals surface area (Å²) in [5.74, 6) is 1.59. The number of hydrogen-bond donors (Lipinski definition) is 0. The number of pyridine rings is 1. The summed E-state index contributed by atoms with van der Waals surface area (Å²) in [5, 5.41) is 2.17. The van der Waals surface area contributed by atoms with E-state index in [0.29, 0.717) is 22.7 Å². The van der Waals surface area contributed by atoms with Crippen LogP contribution >= 0.6 is 0 Å². The first kappa shape index (κ1) is 42.0. The van der Waals surface area contributed by atoms with E-state index >= 15 is 0 Å². The molecule has 0 amide bonds. The molecule has 0 unspecified atom stereocenters. The molecule has 0 aliphatic carbocycles. The summed E-state index contributed by atoms with van der Waals surface area (Å²) in [6, 6.07) is 65.2. The minimum atomic E-state index is -1.68. The van der Waals surface area contributed by atoms with Crippen molar-refractivity contribution in [3.8, 4) is 39.6 Å². The number of para-hydroxylation sites is 3. The number of rotatable bonds is 9. The number of ether oxygens (including phenoxy) is 1. The third-order valence-corrected chi connectivity index (χ3v) is 12.1. The van der Waals surface area contributed by atoms with Gasteiger partial charge in [0, 0.05) is 37.6 Å². The fourth-order valence-corrected chi connectivity index (χ4v) is 8.84. The fraction of sp³-hybridized carbons (Fsp3) is 0.200.